The summed E-state index contributed by atoms with van der Waals surface area (Å²) in [5.41, 5.74) is -1.72. The highest BCUT2D eigenvalue weighted by atomic mass is 19.2. The van der Waals surface area contributed by atoms with E-state index in [9.17, 15) is 23.8 Å². The number of carbonyl (C=O) groups excluding carboxylic acids is 1. The molecule has 5 nitrogen and oxygen atoms in total. The van der Waals surface area contributed by atoms with Crippen LogP contribution in [0.3, 0.4) is 0 Å². The number of aliphatic hydroxyl groups is 2. The minimum atomic E-state index is -1.21. The van der Waals surface area contributed by atoms with Crippen molar-refractivity contribution in [1.29, 1.82) is 0 Å². The summed E-state index contributed by atoms with van der Waals surface area (Å²) < 4.78 is 32.8. The second-order valence-electron chi connectivity index (χ2n) is 7.31. The van der Waals surface area contributed by atoms with Gasteiger partial charge in [0.2, 0.25) is 5.91 Å². The second kappa shape index (κ2) is 6.63. The molecule has 2 N–H and O–H groups in total. The number of hydrogen-bond donors (Lipinski definition) is 2. The number of amides is 1. The fourth-order valence-corrected chi connectivity index (χ4v) is 3.70. The Morgan fingerprint density at radius 1 is 1.36 bits per heavy atom. The third-order valence-electron chi connectivity index (χ3n) is 5.35. The largest absolute Gasteiger partial charge is 0.388 e. The average Bonchev–Trinajstić information content (AvgIpc) is 2.56. The van der Waals surface area contributed by atoms with Gasteiger partial charge in [-0.2, -0.15) is 0 Å². The third kappa shape index (κ3) is 3.68. The zero-order chi connectivity index (χ0) is 18.2. The Hall–Kier alpha value is -1.57. The van der Waals surface area contributed by atoms with E-state index in [1.54, 1.807) is 11.8 Å². The molecule has 0 bridgehead atoms. The summed E-state index contributed by atoms with van der Waals surface area (Å²) in [4.78, 5) is 14.0. The van der Waals surface area contributed by atoms with Crippen molar-refractivity contribution >= 4 is 5.91 Å². The van der Waals surface area contributed by atoms with Crippen LogP contribution in [0, 0.1) is 11.6 Å². The summed E-state index contributed by atoms with van der Waals surface area (Å²) in [6.07, 6.45) is 0.268. The van der Waals surface area contributed by atoms with Gasteiger partial charge in [0.1, 0.15) is 6.10 Å². The van der Waals surface area contributed by atoms with Crippen LogP contribution in [0.1, 0.15) is 31.7 Å². The van der Waals surface area contributed by atoms with E-state index in [2.05, 4.69) is 0 Å². The first-order chi connectivity index (χ1) is 11.7. The highest BCUT2D eigenvalue weighted by Crippen LogP contribution is 2.39. The van der Waals surface area contributed by atoms with Crippen molar-refractivity contribution in [3.05, 3.63) is 35.4 Å². The summed E-state index contributed by atoms with van der Waals surface area (Å²) >= 11 is 0. The van der Waals surface area contributed by atoms with E-state index in [-0.39, 0.29) is 24.5 Å². The maximum Gasteiger partial charge on any atom is 0.227 e. The molecule has 2 aliphatic heterocycles. The van der Waals surface area contributed by atoms with E-state index in [1.807, 2.05) is 0 Å². The van der Waals surface area contributed by atoms with Crippen molar-refractivity contribution < 1.29 is 28.5 Å². The molecular weight excluding hydrogens is 332 g/mol. The molecule has 0 unspecified atom stereocenters. The summed E-state index contributed by atoms with van der Waals surface area (Å²) in [6, 6.07) is 3.81. The van der Waals surface area contributed by atoms with Gasteiger partial charge in [0, 0.05) is 25.1 Å². The van der Waals surface area contributed by atoms with Gasteiger partial charge in [-0.3, -0.25) is 4.79 Å². The zero-order valence-electron chi connectivity index (χ0n) is 14.2. The van der Waals surface area contributed by atoms with Gasteiger partial charge in [-0.05, 0) is 25.8 Å². The molecule has 0 aliphatic carbocycles. The number of benzene rings is 1. The molecule has 1 aromatic carbocycles. The molecule has 2 saturated heterocycles. The molecule has 0 aromatic heterocycles. The number of nitrogens with zero attached hydrogens (tertiary/aromatic N) is 1. The number of aliphatic hydroxyl groups excluding tert-OH is 1. The molecule has 0 radical (unpaired) electrons. The van der Waals surface area contributed by atoms with Gasteiger partial charge in [0.05, 0.1) is 24.2 Å². The van der Waals surface area contributed by atoms with Crippen LogP contribution < -0.4 is 0 Å². The number of rotatable bonds is 2. The maximum absolute atomic E-state index is 13.7. The minimum Gasteiger partial charge on any atom is -0.388 e. The fraction of sp³-hybridized carbons (Fsp3) is 0.611. The Morgan fingerprint density at radius 2 is 2.04 bits per heavy atom. The first kappa shape index (κ1) is 18.2. The fourth-order valence-electron chi connectivity index (χ4n) is 3.70. The number of hydrogen-bond acceptors (Lipinski definition) is 4. The molecule has 3 rings (SSSR count). The van der Waals surface area contributed by atoms with Gasteiger partial charge in [-0.15, -0.1) is 0 Å². The Labute approximate surface area is 145 Å². The standard InChI is InChI=1S/C18H23F2NO4/c1-17(24)11-18(25-10-14(17)22)5-7-21(8-6-18)15(23)9-12-3-2-4-13(19)16(12)20/h2-4,14,22,24H,5-11H2,1H3/t14-,17-/m0/s1. The van der Waals surface area contributed by atoms with Crippen molar-refractivity contribution in [2.24, 2.45) is 0 Å². The highest BCUT2D eigenvalue weighted by molar-refractivity contribution is 5.79. The van der Waals surface area contributed by atoms with E-state index in [0.717, 1.165) is 6.07 Å². The van der Waals surface area contributed by atoms with E-state index < -0.39 is 28.9 Å². The van der Waals surface area contributed by atoms with Gasteiger partial charge in [-0.25, -0.2) is 8.78 Å². The SMILES string of the molecule is C[C@]1(O)CC2(CCN(C(=O)Cc3cccc(F)c3F)CC2)OC[C@@H]1O. The minimum absolute atomic E-state index is 0.0465. The topological polar surface area (TPSA) is 70.0 Å². The predicted octanol–water partition coefficient (Wildman–Crippen LogP) is 1.40. The Bertz CT molecular complexity index is 656. The van der Waals surface area contributed by atoms with Crippen LogP contribution >= 0.6 is 0 Å². The van der Waals surface area contributed by atoms with Crippen molar-refractivity contribution in [3.8, 4) is 0 Å². The van der Waals surface area contributed by atoms with Crippen molar-refractivity contribution in [1.82, 2.24) is 4.90 Å². The first-order valence-corrected chi connectivity index (χ1v) is 8.48. The van der Waals surface area contributed by atoms with Crippen LogP contribution in [0.2, 0.25) is 0 Å². The summed E-state index contributed by atoms with van der Waals surface area (Å²) in [6.45, 7) is 2.49. The molecule has 1 spiro atoms. The molecule has 2 aliphatic rings. The van der Waals surface area contributed by atoms with E-state index in [1.165, 1.54) is 12.1 Å². The van der Waals surface area contributed by atoms with E-state index in [4.69, 9.17) is 4.74 Å². The quantitative estimate of drug-likeness (QED) is 0.841. The molecule has 138 valence electrons. The van der Waals surface area contributed by atoms with Crippen molar-refractivity contribution in [2.45, 2.75) is 49.9 Å². The van der Waals surface area contributed by atoms with E-state index >= 15 is 0 Å². The predicted molar refractivity (Wildman–Crippen MR) is 85.8 cm³/mol. The molecule has 7 heteroatoms. The molecular formula is C18H23F2NO4. The number of halogens is 2. The van der Waals surface area contributed by atoms with E-state index in [0.29, 0.717) is 32.4 Å². The monoisotopic (exact) mass is 355 g/mol. The molecule has 25 heavy (non-hydrogen) atoms. The molecule has 2 atom stereocenters. The van der Waals surface area contributed by atoms with Crippen molar-refractivity contribution in [2.75, 3.05) is 19.7 Å². The highest BCUT2D eigenvalue weighted by Gasteiger charge is 2.48. The lowest BCUT2D eigenvalue weighted by Crippen LogP contribution is -2.59. The Kier molecular flexibility index (Phi) is 4.83. The van der Waals surface area contributed by atoms with Crippen LogP contribution in [0.25, 0.3) is 0 Å². The second-order valence-corrected chi connectivity index (χ2v) is 7.31. The lowest BCUT2D eigenvalue weighted by Gasteiger charge is -2.49. The average molecular weight is 355 g/mol. The van der Waals surface area contributed by atoms with Gasteiger partial charge in [0.25, 0.3) is 0 Å². The van der Waals surface area contributed by atoms with Crippen LogP contribution in [0.5, 0.6) is 0 Å². The first-order valence-electron chi connectivity index (χ1n) is 8.48. The Balaban J connectivity index is 1.60. The lowest BCUT2D eigenvalue weighted by atomic mass is 9.76. The van der Waals surface area contributed by atoms with Gasteiger partial charge < -0.3 is 19.8 Å². The maximum atomic E-state index is 13.7. The zero-order valence-corrected chi connectivity index (χ0v) is 14.2. The van der Waals surface area contributed by atoms with Crippen LogP contribution in [0.4, 0.5) is 8.78 Å². The number of ether oxygens (including phenoxy) is 1. The van der Waals surface area contributed by atoms with Crippen molar-refractivity contribution in [3.63, 3.8) is 0 Å². The van der Waals surface area contributed by atoms with Crippen LogP contribution in [-0.4, -0.2) is 58.0 Å². The number of carbonyl (C=O) groups is 1. The van der Waals surface area contributed by atoms with Crippen LogP contribution in [-0.2, 0) is 16.0 Å². The molecule has 0 saturated carbocycles. The summed E-state index contributed by atoms with van der Waals surface area (Å²) in [5.74, 6) is -2.20. The smallest absolute Gasteiger partial charge is 0.227 e. The normalized spacial score (nSPS) is 29.0. The Morgan fingerprint density at radius 3 is 2.68 bits per heavy atom. The van der Waals surface area contributed by atoms with Gasteiger partial charge >= 0.3 is 0 Å². The van der Waals surface area contributed by atoms with Gasteiger partial charge in [-0.1, -0.05) is 12.1 Å². The van der Waals surface area contributed by atoms with Gasteiger partial charge in [0.15, 0.2) is 11.6 Å². The third-order valence-corrected chi connectivity index (χ3v) is 5.35. The number of piperidine rings is 1. The molecule has 1 aromatic rings. The van der Waals surface area contributed by atoms with Crippen LogP contribution in [0.15, 0.2) is 18.2 Å². The molecule has 2 heterocycles. The summed E-state index contributed by atoms with van der Waals surface area (Å²) in [7, 11) is 0. The lowest BCUT2D eigenvalue weighted by molar-refractivity contribution is -0.222. The summed E-state index contributed by atoms with van der Waals surface area (Å²) in [5, 5.41) is 20.1. The molecule has 1 amide bonds. The molecule has 2 fully saturated rings. The number of likely N-dealkylation sites (tertiary alicyclic amines) is 1.